The molecule has 2 heterocycles. The molecule has 0 saturated heterocycles. The minimum absolute atomic E-state index is 0.361. The van der Waals surface area contributed by atoms with Crippen LogP contribution in [0.5, 0.6) is 5.75 Å². The zero-order chi connectivity index (χ0) is 13.3. The molecule has 0 spiro atoms. The Kier molecular flexibility index (Phi) is 3.05. The molecule has 1 aromatic carbocycles. The average Bonchev–Trinajstić information content (AvgIpc) is 3.00. The van der Waals surface area contributed by atoms with Crippen molar-refractivity contribution < 1.29 is 14.3 Å². The summed E-state index contributed by atoms with van der Waals surface area (Å²) in [4.78, 5) is 0. The third kappa shape index (κ3) is 1.84. The first-order valence-electron chi connectivity index (χ1n) is 6.40. The normalized spacial score (nSPS) is 23.5. The minimum atomic E-state index is -0.693. The molecule has 1 aliphatic heterocycles. The van der Waals surface area contributed by atoms with Crippen molar-refractivity contribution in [1.29, 1.82) is 0 Å². The second-order valence-corrected chi connectivity index (χ2v) is 4.91. The summed E-state index contributed by atoms with van der Waals surface area (Å²) in [6, 6.07) is 9.54. The van der Waals surface area contributed by atoms with Gasteiger partial charge in [0, 0.05) is 23.1 Å². The molecule has 3 N–H and O–H groups in total. The molecule has 2 unspecified atom stereocenters. The lowest BCUT2D eigenvalue weighted by Gasteiger charge is -2.41. The van der Waals surface area contributed by atoms with Gasteiger partial charge in [-0.2, -0.15) is 0 Å². The minimum Gasteiger partial charge on any atom is -0.493 e. The van der Waals surface area contributed by atoms with Crippen molar-refractivity contribution >= 4 is 0 Å². The van der Waals surface area contributed by atoms with Gasteiger partial charge in [-0.05, 0) is 18.6 Å². The van der Waals surface area contributed by atoms with Gasteiger partial charge < -0.3 is 20.0 Å². The topological polar surface area (TPSA) is 68.6 Å². The molecule has 2 aromatic rings. The van der Waals surface area contributed by atoms with E-state index >= 15 is 0 Å². The Labute approximate surface area is 111 Å². The molecule has 100 valence electrons. The summed E-state index contributed by atoms with van der Waals surface area (Å²) in [7, 11) is 0. The van der Waals surface area contributed by atoms with Crippen LogP contribution in [0.3, 0.4) is 0 Å². The predicted molar refractivity (Wildman–Crippen MR) is 71.0 cm³/mol. The summed E-state index contributed by atoms with van der Waals surface area (Å²) < 4.78 is 10.7. The van der Waals surface area contributed by atoms with Crippen LogP contribution in [0.2, 0.25) is 0 Å². The van der Waals surface area contributed by atoms with Crippen LogP contribution in [-0.4, -0.2) is 18.3 Å². The fraction of sp³-hybridized carbons (Fsp3) is 0.333. The quantitative estimate of drug-likeness (QED) is 0.884. The highest BCUT2D eigenvalue weighted by atomic mass is 16.5. The lowest BCUT2D eigenvalue weighted by molar-refractivity contribution is 0.0531. The zero-order valence-corrected chi connectivity index (χ0v) is 10.6. The van der Waals surface area contributed by atoms with E-state index in [1.807, 2.05) is 24.3 Å². The van der Waals surface area contributed by atoms with Gasteiger partial charge >= 0.3 is 0 Å². The van der Waals surface area contributed by atoms with Crippen LogP contribution in [0.4, 0.5) is 0 Å². The number of fused-ring (bicyclic) bond motifs is 1. The van der Waals surface area contributed by atoms with E-state index in [-0.39, 0.29) is 0 Å². The highest BCUT2D eigenvalue weighted by Crippen LogP contribution is 2.46. The predicted octanol–water partition coefficient (Wildman–Crippen LogP) is 1.99. The first-order valence-corrected chi connectivity index (χ1v) is 6.40. The number of nitrogens with two attached hydrogens (primary N) is 1. The molecule has 4 heteroatoms. The van der Waals surface area contributed by atoms with Gasteiger partial charge in [0.05, 0.1) is 25.2 Å². The van der Waals surface area contributed by atoms with E-state index in [4.69, 9.17) is 14.9 Å². The van der Waals surface area contributed by atoms with E-state index in [0.29, 0.717) is 19.6 Å². The fourth-order valence-corrected chi connectivity index (χ4v) is 2.84. The van der Waals surface area contributed by atoms with Crippen LogP contribution in [0.25, 0.3) is 0 Å². The Morgan fingerprint density at radius 3 is 2.89 bits per heavy atom. The first-order chi connectivity index (χ1) is 9.28. The lowest BCUT2D eigenvalue weighted by Crippen LogP contribution is -2.44. The Hall–Kier alpha value is -1.78. The molecule has 19 heavy (non-hydrogen) atoms. The van der Waals surface area contributed by atoms with Crippen molar-refractivity contribution in [2.75, 3.05) is 13.2 Å². The molecule has 0 bridgehead atoms. The van der Waals surface area contributed by atoms with Gasteiger partial charge in [-0.3, -0.25) is 0 Å². The zero-order valence-electron chi connectivity index (χ0n) is 10.6. The molecule has 0 aliphatic carbocycles. The molecule has 1 aromatic heterocycles. The Morgan fingerprint density at radius 1 is 1.32 bits per heavy atom. The van der Waals surface area contributed by atoms with Gasteiger partial charge in [0.2, 0.25) is 0 Å². The van der Waals surface area contributed by atoms with Crippen LogP contribution >= 0.6 is 0 Å². The molecule has 1 aliphatic rings. The van der Waals surface area contributed by atoms with E-state index in [0.717, 1.165) is 16.9 Å². The Balaban J connectivity index is 2.10. The first kappa shape index (κ1) is 12.3. The van der Waals surface area contributed by atoms with Crippen LogP contribution in [0.1, 0.15) is 23.7 Å². The van der Waals surface area contributed by atoms with Gasteiger partial charge in [0.15, 0.2) is 0 Å². The maximum Gasteiger partial charge on any atom is 0.123 e. The highest BCUT2D eigenvalue weighted by Gasteiger charge is 2.43. The van der Waals surface area contributed by atoms with Crippen LogP contribution < -0.4 is 10.5 Å². The number of hydrogen-bond donors (Lipinski definition) is 2. The maximum absolute atomic E-state index is 10.7. The van der Waals surface area contributed by atoms with Crippen molar-refractivity contribution in [3.05, 3.63) is 54.0 Å². The van der Waals surface area contributed by atoms with Gasteiger partial charge in [-0.25, -0.2) is 0 Å². The molecule has 3 rings (SSSR count). The van der Waals surface area contributed by atoms with Gasteiger partial charge in [-0.15, -0.1) is 0 Å². The summed E-state index contributed by atoms with van der Waals surface area (Å²) in [5.41, 5.74) is 7.22. The van der Waals surface area contributed by atoms with Crippen molar-refractivity contribution in [1.82, 2.24) is 0 Å². The number of aliphatic hydroxyl groups is 1. The van der Waals surface area contributed by atoms with Gasteiger partial charge in [0.25, 0.3) is 0 Å². The number of para-hydroxylation sites is 1. The second kappa shape index (κ2) is 4.72. The molecule has 0 radical (unpaired) electrons. The Morgan fingerprint density at radius 2 is 2.16 bits per heavy atom. The lowest BCUT2D eigenvalue weighted by atomic mass is 9.70. The fourth-order valence-electron chi connectivity index (χ4n) is 2.84. The Bertz CT molecular complexity index is 552. The summed E-state index contributed by atoms with van der Waals surface area (Å²) in [6.45, 7) is 0.919. The summed E-state index contributed by atoms with van der Waals surface area (Å²) in [5.74, 6) is 0.807. The van der Waals surface area contributed by atoms with Crippen LogP contribution in [-0.2, 0) is 5.41 Å². The third-order valence-electron chi connectivity index (χ3n) is 3.98. The molecular weight excluding hydrogens is 242 g/mol. The smallest absolute Gasteiger partial charge is 0.123 e. The summed E-state index contributed by atoms with van der Waals surface area (Å²) in [6.07, 6.45) is 3.13. The number of furan rings is 1. The van der Waals surface area contributed by atoms with Crippen molar-refractivity contribution in [2.45, 2.75) is 17.9 Å². The average molecular weight is 259 g/mol. The summed E-state index contributed by atoms with van der Waals surface area (Å²) >= 11 is 0. The van der Waals surface area contributed by atoms with E-state index in [1.165, 1.54) is 0 Å². The molecular formula is C15H17NO3. The number of ether oxygens (including phenoxy) is 1. The SMILES string of the molecule is NCC1(C(O)c2ccoc2)CCOc2ccccc21. The number of hydrogen-bond acceptors (Lipinski definition) is 4. The largest absolute Gasteiger partial charge is 0.493 e. The number of rotatable bonds is 3. The van der Waals surface area contributed by atoms with E-state index in [1.54, 1.807) is 18.6 Å². The van der Waals surface area contributed by atoms with E-state index < -0.39 is 11.5 Å². The third-order valence-corrected chi connectivity index (χ3v) is 3.98. The van der Waals surface area contributed by atoms with Crippen LogP contribution in [0.15, 0.2) is 47.3 Å². The van der Waals surface area contributed by atoms with Crippen molar-refractivity contribution in [2.24, 2.45) is 5.73 Å². The monoisotopic (exact) mass is 259 g/mol. The molecule has 0 saturated carbocycles. The standard InChI is InChI=1S/C15H17NO3/c16-10-15(14(17)11-5-7-18-9-11)6-8-19-13-4-2-1-3-12(13)15/h1-5,7,9,14,17H,6,8,10,16H2. The van der Waals surface area contributed by atoms with Crippen molar-refractivity contribution in [3.8, 4) is 5.75 Å². The van der Waals surface area contributed by atoms with Gasteiger partial charge in [0.1, 0.15) is 5.75 Å². The number of benzene rings is 1. The number of aliphatic hydroxyl groups excluding tert-OH is 1. The second-order valence-electron chi connectivity index (χ2n) is 4.91. The van der Waals surface area contributed by atoms with E-state index in [2.05, 4.69) is 0 Å². The molecule has 0 amide bonds. The van der Waals surface area contributed by atoms with Crippen molar-refractivity contribution in [3.63, 3.8) is 0 Å². The highest BCUT2D eigenvalue weighted by molar-refractivity contribution is 5.44. The van der Waals surface area contributed by atoms with Gasteiger partial charge in [-0.1, -0.05) is 18.2 Å². The maximum atomic E-state index is 10.7. The molecule has 0 fully saturated rings. The van der Waals surface area contributed by atoms with E-state index in [9.17, 15) is 5.11 Å². The van der Waals surface area contributed by atoms with Crippen LogP contribution in [0, 0.1) is 0 Å². The molecule has 2 atom stereocenters. The molecule has 4 nitrogen and oxygen atoms in total. The summed E-state index contributed by atoms with van der Waals surface area (Å²) in [5, 5.41) is 10.7.